The van der Waals surface area contributed by atoms with Gasteiger partial charge in [-0.25, -0.2) is 4.39 Å². The number of nitrogens with two attached hydrogens (primary N) is 1. The molecule has 1 aromatic carbocycles. The highest BCUT2D eigenvalue weighted by atomic mass is 19.1. The van der Waals surface area contributed by atoms with Gasteiger partial charge < -0.3 is 15.6 Å². The predicted molar refractivity (Wildman–Crippen MR) is 79.1 cm³/mol. The SMILES string of the molecule is CCOC(=O)CC[C@@H](N)/C=C/[C@@H](O)Cc1ccc(F)cc1. The molecule has 0 saturated carbocycles. The van der Waals surface area contributed by atoms with E-state index in [9.17, 15) is 14.3 Å². The van der Waals surface area contributed by atoms with Gasteiger partial charge in [0.25, 0.3) is 0 Å². The number of aliphatic hydroxyl groups is 1. The van der Waals surface area contributed by atoms with Crippen molar-refractivity contribution in [3.8, 4) is 0 Å². The van der Waals surface area contributed by atoms with Crippen LogP contribution in [0.15, 0.2) is 36.4 Å². The van der Waals surface area contributed by atoms with Gasteiger partial charge in [-0.1, -0.05) is 24.3 Å². The predicted octanol–water partition coefficient (Wildman–Crippen LogP) is 1.96. The van der Waals surface area contributed by atoms with Gasteiger partial charge in [0.2, 0.25) is 0 Å². The van der Waals surface area contributed by atoms with E-state index in [4.69, 9.17) is 10.5 Å². The van der Waals surface area contributed by atoms with Crippen LogP contribution in [0.5, 0.6) is 0 Å². The normalized spacial score (nSPS) is 14.1. The third-order valence-corrected chi connectivity index (χ3v) is 2.93. The molecule has 0 aliphatic carbocycles. The third-order valence-electron chi connectivity index (χ3n) is 2.93. The van der Waals surface area contributed by atoms with Gasteiger partial charge in [-0.05, 0) is 31.0 Å². The lowest BCUT2D eigenvalue weighted by Gasteiger charge is -2.09. The van der Waals surface area contributed by atoms with Gasteiger partial charge >= 0.3 is 5.97 Å². The molecule has 0 unspecified atom stereocenters. The summed E-state index contributed by atoms with van der Waals surface area (Å²) in [5.41, 5.74) is 6.67. The van der Waals surface area contributed by atoms with Crippen LogP contribution in [0.4, 0.5) is 4.39 Å². The molecule has 1 aromatic rings. The van der Waals surface area contributed by atoms with Gasteiger partial charge in [-0.3, -0.25) is 4.79 Å². The second-order valence-corrected chi connectivity index (χ2v) is 4.79. The van der Waals surface area contributed by atoms with E-state index < -0.39 is 6.10 Å². The molecule has 0 spiro atoms. The first-order chi connectivity index (χ1) is 10.0. The lowest BCUT2D eigenvalue weighted by Crippen LogP contribution is -2.20. The minimum Gasteiger partial charge on any atom is -0.466 e. The Morgan fingerprint density at radius 2 is 2.05 bits per heavy atom. The van der Waals surface area contributed by atoms with Gasteiger partial charge in [0.1, 0.15) is 5.82 Å². The minimum atomic E-state index is -0.691. The number of benzene rings is 1. The monoisotopic (exact) mass is 295 g/mol. The zero-order valence-electron chi connectivity index (χ0n) is 12.2. The highest BCUT2D eigenvalue weighted by Gasteiger charge is 2.06. The van der Waals surface area contributed by atoms with Crippen LogP contribution in [-0.4, -0.2) is 29.8 Å². The second-order valence-electron chi connectivity index (χ2n) is 4.79. The highest BCUT2D eigenvalue weighted by molar-refractivity contribution is 5.69. The van der Waals surface area contributed by atoms with Crippen molar-refractivity contribution < 1.29 is 19.0 Å². The van der Waals surface area contributed by atoms with Crippen LogP contribution in [0.3, 0.4) is 0 Å². The fraction of sp³-hybridized carbons (Fsp3) is 0.438. The zero-order chi connectivity index (χ0) is 15.7. The van der Waals surface area contributed by atoms with E-state index in [0.717, 1.165) is 5.56 Å². The molecule has 0 amide bonds. The standard InChI is InChI=1S/C16H22FNO3/c1-2-21-16(20)10-8-14(18)7-9-15(19)11-12-3-5-13(17)6-4-12/h3-7,9,14-15,19H,2,8,10-11,18H2,1H3/b9-7+/t14-,15+/m0/s1. The van der Waals surface area contributed by atoms with Gasteiger partial charge in [-0.2, -0.15) is 0 Å². The van der Waals surface area contributed by atoms with Gasteiger partial charge in [0.15, 0.2) is 0 Å². The summed E-state index contributed by atoms with van der Waals surface area (Å²) in [6.45, 7) is 2.11. The number of hydrogen-bond acceptors (Lipinski definition) is 4. The maximum atomic E-state index is 12.8. The van der Waals surface area contributed by atoms with E-state index in [0.29, 0.717) is 19.4 Å². The van der Waals surface area contributed by atoms with Crippen LogP contribution in [-0.2, 0) is 16.0 Å². The first-order valence-electron chi connectivity index (χ1n) is 7.03. The topological polar surface area (TPSA) is 72.5 Å². The Morgan fingerprint density at radius 1 is 1.38 bits per heavy atom. The van der Waals surface area contributed by atoms with Crippen LogP contribution in [0.1, 0.15) is 25.3 Å². The molecular weight excluding hydrogens is 273 g/mol. The molecular formula is C16H22FNO3. The van der Waals surface area contributed by atoms with E-state index in [1.807, 2.05) is 0 Å². The summed E-state index contributed by atoms with van der Waals surface area (Å²) in [6.07, 6.45) is 3.70. The molecule has 0 fully saturated rings. The first kappa shape index (κ1) is 17.3. The molecule has 0 radical (unpaired) electrons. The fourth-order valence-electron chi connectivity index (χ4n) is 1.81. The Morgan fingerprint density at radius 3 is 2.67 bits per heavy atom. The van der Waals surface area contributed by atoms with Gasteiger partial charge in [-0.15, -0.1) is 0 Å². The lowest BCUT2D eigenvalue weighted by molar-refractivity contribution is -0.143. The number of aliphatic hydroxyl groups excluding tert-OH is 1. The molecule has 0 heterocycles. The van der Waals surface area contributed by atoms with E-state index >= 15 is 0 Å². The average molecular weight is 295 g/mol. The Hall–Kier alpha value is -1.72. The average Bonchev–Trinajstić information content (AvgIpc) is 2.46. The van der Waals surface area contributed by atoms with E-state index in [1.54, 1.807) is 31.2 Å². The van der Waals surface area contributed by atoms with Gasteiger partial charge in [0.05, 0.1) is 12.7 Å². The summed E-state index contributed by atoms with van der Waals surface area (Å²) in [6, 6.07) is 5.67. The Balaban J connectivity index is 2.33. The summed E-state index contributed by atoms with van der Waals surface area (Å²) in [5.74, 6) is -0.571. The molecule has 1 rings (SSSR count). The maximum Gasteiger partial charge on any atom is 0.305 e. The van der Waals surface area contributed by atoms with E-state index in [1.165, 1.54) is 12.1 Å². The lowest BCUT2D eigenvalue weighted by atomic mass is 10.1. The zero-order valence-corrected chi connectivity index (χ0v) is 12.2. The molecule has 0 aliphatic rings. The van der Waals surface area contributed by atoms with Gasteiger partial charge in [0, 0.05) is 18.9 Å². The number of carbonyl (C=O) groups is 1. The Bertz CT molecular complexity index is 459. The second kappa shape index (κ2) is 9.26. The summed E-state index contributed by atoms with van der Waals surface area (Å²) < 4.78 is 17.6. The van der Waals surface area contributed by atoms with E-state index in [2.05, 4.69) is 0 Å². The molecule has 21 heavy (non-hydrogen) atoms. The number of ether oxygens (including phenoxy) is 1. The maximum absolute atomic E-state index is 12.8. The summed E-state index contributed by atoms with van der Waals surface area (Å²) >= 11 is 0. The molecule has 5 heteroatoms. The number of carbonyl (C=O) groups excluding carboxylic acids is 1. The quantitative estimate of drug-likeness (QED) is 0.568. The Labute approximate surface area is 124 Å². The number of hydrogen-bond donors (Lipinski definition) is 2. The fourth-order valence-corrected chi connectivity index (χ4v) is 1.81. The molecule has 2 atom stereocenters. The molecule has 0 aromatic heterocycles. The molecule has 3 N–H and O–H groups in total. The van der Waals surface area contributed by atoms with Crippen molar-refractivity contribution in [2.24, 2.45) is 5.73 Å². The van der Waals surface area contributed by atoms with Crippen molar-refractivity contribution in [2.45, 2.75) is 38.3 Å². The number of esters is 1. The van der Waals surface area contributed by atoms with Crippen molar-refractivity contribution in [2.75, 3.05) is 6.61 Å². The van der Waals surface area contributed by atoms with Crippen molar-refractivity contribution in [3.63, 3.8) is 0 Å². The van der Waals surface area contributed by atoms with Crippen molar-refractivity contribution in [1.29, 1.82) is 0 Å². The van der Waals surface area contributed by atoms with Crippen LogP contribution < -0.4 is 5.73 Å². The summed E-state index contributed by atoms with van der Waals surface area (Å²) in [7, 11) is 0. The smallest absolute Gasteiger partial charge is 0.305 e. The highest BCUT2D eigenvalue weighted by Crippen LogP contribution is 2.07. The molecule has 0 bridgehead atoms. The van der Waals surface area contributed by atoms with Crippen molar-refractivity contribution >= 4 is 5.97 Å². The van der Waals surface area contributed by atoms with Crippen LogP contribution in [0.2, 0.25) is 0 Å². The third kappa shape index (κ3) is 7.58. The molecule has 116 valence electrons. The Kier molecular flexibility index (Phi) is 7.64. The minimum absolute atomic E-state index is 0.257. The van der Waals surface area contributed by atoms with Crippen molar-refractivity contribution in [3.05, 3.63) is 47.8 Å². The molecule has 0 saturated heterocycles. The summed E-state index contributed by atoms with van der Waals surface area (Å²) in [4.78, 5) is 11.2. The van der Waals surface area contributed by atoms with Crippen LogP contribution in [0, 0.1) is 5.82 Å². The first-order valence-corrected chi connectivity index (χ1v) is 7.03. The van der Waals surface area contributed by atoms with Crippen molar-refractivity contribution in [1.82, 2.24) is 0 Å². The number of halogens is 1. The number of rotatable bonds is 8. The van der Waals surface area contributed by atoms with E-state index in [-0.39, 0.29) is 24.2 Å². The molecule has 0 aliphatic heterocycles. The summed E-state index contributed by atoms with van der Waals surface area (Å²) in [5, 5.41) is 9.85. The molecule has 4 nitrogen and oxygen atoms in total. The largest absolute Gasteiger partial charge is 0.466 e. The van der Waals surface area contributed by atoms with Crippen LogP contribution >= 0.6 is 0 Å². The van der Waals surface area contributed by atoms with Crippen LogP contribution in [0.25, 0.3) is 0 Å².